The maximum absolute atomic E-state index is 11.7. The zero-order chi connectivity index (χ0) is 12.4. The van der Waals surface area contributed by atoms with Crippen LogP contribution in [0.5, 0.6) is 5.75 Å². The Bertz CT molecular complexity index is 459. The van der Waals surface area contributed by atoms with Crippen LogP contribution in [0.25, 0.3) is 0 Å². The maximum atomic E-state index is 11.7. The number of benzene rings is 1. The minimum Gasteiger partial charge on any atom is -0.492 e. The second kappa shape index (κ2) is 4.45. The standard InChI is InChI=1S/C12H14N2O3/c1-14-12(16)8-6-17-9-5-3-2-4-7(9)10(8)11(13)15/h2-5,8,10H,6H2,1H3,(H2,13,15)(H,14,16)/t8-,10+/m0/s1. The molecule has 3 N–H and O–H groups in total. The quantitative estimate of drug-likeness (QED) is 0.756. The van der Waals surface area contributed by atoms with E-state index in [9.17, 15) is 9.59 Å². The van der Waals surface area contributed by atoms with E-state index in [1.807, 2.05) is 6.07 Å². The minimum atomic E-state index is -0.625. The summed E-state index contributed by atoms with van der Waals surface area (Å²) in [6, 6.07) is 7.15. The van der Waals surface area contributed by atoms with Gasteiger partial charge in [-0.2, -0.15) is 0 Å². The smallest absolute Gasteiger partial charge is 0.227 e. The van der Waals surface area contributed by atoms with Crippen molar-refractivity contribution in [3.8, 4) is 5.75 Å². The Balaban J connectivity index is 2.43. The maximum Gasteiger partial charge on any atom is 0.227 e. The number of rotatable bonds is 2. The average Bonchev–Trinajstić information content (AvgIpc) is 2.36. The summed E-state index contributed by atoms with van der Waals surface area (Å²) in [6.07, 6.45) is 0. The van der Waals surface area contributed by atoms with Crippen LogP contribution in [0.15, 0.2) is 24.3 Å². The fourth-order valence-corrected chi connectivity index (χ4v) is 2.13. The molecule has 0 fully saturated rings. The monoisotopic (exact) mass is 234 g/mol. The van der Waals surface area contributed by atoms with Gasteiger partial charge in [0.15, 0.2) is 0 Å². The normalized spacial score (nSPS) is 22.2. The number of amides is 2. The predicted molar refractivity (Wildman–Crippen MR) is 61.4 cm³/mol. The number of carbonyl (C=O) groups is 2. The van der Waals surface area contributed by atoms with Crippen LogP contribution in [0.3, 0.4) is 0 Å². The third-order valence-electron chi connectivity index (χ3n) is 2.96. The highest BCUT2D eigenvalue weighted by Crippen LogP contribution is 2.36. The fourth-order valence-electron chi connectivity index (χ4n) is 2.13. The van der Waals surface area contributed by atoms with Crippen molar-refractivity contribution in [2.24, 2.45) is 11.7 Å². The lowest BCUT2D eigenvalue weighted by molar-refractivity contribution is -0.132. The Kier molecular flexibility index (Phi) is 2.99. The molecule has 0 saturated heterocycles. The van der Waals surface area contributed by atoms with E-state index in [4.69, 9.17) is 10.5 Å². The lowest BCUT2D eigenvalue weighted by Crippen LogP contribution is -2.43. The Morgan fingerprint density at radius 1 is 1.41 bits per heavy atom. The molecule has 0 aliphatic carbocycles. The van der Waals surface area contributed by atoms with Crippen LogP contribution in [0.4, 0.5) is 0 Å². The number of nitrogens with one attached hydrogen (secondary N) is 1. The first kappa shape index (κ1) is 11.4. The van der Waals surface area contributed by atoms with E-state index in [1.54, 1.807) is 18.2 Å². The first-order chi connectivity index (χ1) is 8.15. The Morgan fingerprint density at radius 3 is 2.76 bits per heavy atom. The van der Waals surface area contributed by atoms with E-state index in [-0.39, 0.29) is 12.5 Å². The molecule has 17 heavy (non-hydrogen) atoms. The molecule has 0 spiro atoms. The van der Waals surface area contributed by atoms with E-state index in [1.165, 1.54) is 7.05 Å². The zero-order valence-electron chi connectivity index (χ0n) is 9.47. The second-order valence-corrected chi connectivity index (χ2v) is 3.95. The number of carbonyl (C=O) groups excluding carboxylic acids is 2. The van der Waals surface area contributed by atoms with Gasteiger partial charge in [0.2, 0.25) is 11.8 Å². The largest absolute Gasteiger partial charge is 0.492 e. The third-order valence-corrected chi connectivity index (χ3v) is 2.96. The van der Waals surface area contributed by atoms with E-state index < -0.39 is 17.7 Å². The number of ether oxygens (including phenoxy) is 1. The molecule has 1 aliphatic heterocycles. The highest BCUT2D eigenvalue weighted by molar-refractivity contribution is 5.91. The summed E-state index contributed by atoms with van der Waals surface area (Å²) in [6.45, 7) is 0.171. The van der Waals surface area contributed by atoms with Crippen LogP contribution in [0, 0.1) is 5.92 Å². The van der Waals surface area contributed by atoms with Gasteiger partial charge in [-0.3, -0.25) is 9.59 Å². The van der Waals surface area contributed by atoms with Crippen molar-refractivity contribution >= 4 is 11.8 Å². The number of primary amides is 1. The van der Waals surface area contributed by atoms with Gasteiger partial charge in [0.1, 0.15) is 12.4 Å². The van der Waals surface area contributed by atoms with Crippen LogP contribution < -0.4 is 15.8 Å². The molecule has 2 rings (SSSR count). The van der Waals surface area contributed by atoms with Crippen LogP contribution in [0.1, 0.15) is 11.5 Å². The van der Waals surface area contributed by atoms with Gasteiger partial charge in [0.05, 0.1) is 11.8 Å². The molecule has 0 unspecified atom stereocenters. The Morgan fingerprint density at radius 2 is 2.12 bits per heavy atom. The first-order valence-electron chi connectivity index (χ1n) is 5.37. The molecule has 0 aromatic heterocycles. The molecule has 0 saturated carbocycles. The van der Waals surface area contributed by atoms with Gasteiger partial charge in [0.25, 0.3) is 0 Å². The summed E-state index contributed by atoms with van der Waals surface area (Å²) >= 11 is 0. The van der Waals surface area contributed by atoms with Gasteiger partial charge in [0, 0.05) is 12.6 Å². The number of hydrogen-bond donors (Lipinski definition) is 2. The molecule has 90 valence electrons. The molecule has 0 radical (unpaired) electrons. The third kappa shape index (κ3) is 1.95. The van der Waals surface area contributed by atoms with Gasteiger partial charge in [-0.15, -0.1) is 0 Å². The molecule has 1 heterocycles. The molecule has 5 nitrogen and oxygen atoms in total. The van der Waals surface area contributed by atoms with Crippen LogP contribution in [0.2, 0.25) is 0 Å². The van der Waals surface area contributed by atoms with Gasteiger partial charge in [-0.25, -0.2) is 0 Å². The molecule has 5 heteroatoms. The molecular formula is C12H14N2O3. The molecule has 1 aromatic carbocycles. The lowest BCUT2D eigenvalue weighted by atomic mass is 9.83. The molecule has 0 bridgehead atoms. The number of para-hydroxylation sites is 1. The highest BCUT2D eigenvalue weighted by atomic mass is 16.5. The summed E-state index contributed by atoms with van der Waals surface area (Å²) in [4.78, 5) is 23.2. The number of fused-ring (bicyclic) bond motifs is 1. The van der Waals surface area contributed by atoms with Crippen molar-refractivity contribution in [2.75, 3.05) is 13.7 Å². The van der Waals surface area contributed by atoms with Crippen molar-refractivity contribution in [1.82, 2.24) is 5.32 Å². The van der Waals surface area contributed by atoms with Crippen molar-refractivity contribution in [3.63, 3.8) is 0 Å². The summed E-state index contributed by atoms with van der Waals surface area (Å²) in [7, 11) is 1.53. The zero-order valence-corrected chi connectivity index (χ0v) is 9.47. The summed E-state index contributed by atoms with van der Waals surface area (Å²) in [5, 5.41) is 2.52. The fraction of sp³-hybridized carbons (Fsp3) is 0.333. The van der Waals surface area contributed by atoms with Crippen molar-refractivity contribution < 1.29 is 14.3 Å². The van der Waals surface area contributed by atoms with Gasteiger partial charge in [-0.1, -0.05) is 18.2 Å². The van der Waals surface area contributed by atoms with Crippen LogP contribution in [-0.2, 0) is 9.59 Å². The highest BCUT2D eigenvalue weighted by Gasteiger charge is 2.38. The minimum absolute atomic E-state index is 0.171. The topological polar surface area (TPSA) is 81.4 Å². The lowest BCUT2D eigenvalue weighted by Gasteiger charge is -2.30. The van der Waals surface area contributed by atoms with E-state index in [0.717, 1.165) is 0 Å². The average molecular weight is 234 g/mol. The van der Waals surface area contributed by atoms with E-state index in [2.05, 4.69) is 5.32 Å². The van der Waals surface area contributed by atoms with Gasteiger partial charge < -0.3 is 15.8 Å². The van der Waals surface area contributed by atoms with Crippen molar-refractivity contribution in [1.29, 1.82) is 0 Å². The van der Waals surface area contributed by atoms with Gasteiger partial charge >= 0.3 is 0 Å². The Labute approximate surface area is 98.9 Å². The van der Waals surface area contributed by atoms with Crippen LogP contribution >= 0.6 is 0 Å². The van der Waals surface area contributed by atoms with Crippen molar-refractivity contribution in [3.05, 3.63) is 29.8 Å². The summed E-state index contributed by atoms with van der Waals surface area (Å²) in [5.41, 5.74) is 6.07. The van der Waals surface area contributed by atoms with Crippen LogP contribution in [-0.4, -0.2) is 25.5 Å². The summed E-state index contributed by atoms with van der Waals surface area (Å²) in [5.74, 6) is -1.30. The molecule has 1 aromatic rings. The number of hydrogen-bond acceptors (Lipinski definition) is 3. The molecule has 1 aliphatic rings. The number of nitrogens with two attached hydrogens (primary N) is 1. The molecule has 2 amide bonds. The predicted octanol–water partition coefficient (Wildman–Crippen LogP) is 0.0101. The van der Waals surface area contributed by atoms with Gasteiger partial charge in [-0.05, 0) is 6.07 Å². The molecule has 2 atom stereocenters. The summed E-state index contributed by atoms with van der Waals surface area (Å²) < 4.78 is 5.47. The SMILES string of the molecule is CNC(=O)[C@H]1COc2ccccc2[C@H]1C(N)=O. The van der Waals surface area contributed by atoms with E-state index in [0.29, 0.717) is 11.3 Å². The molecular weight excluding hydrogens is 220 g/mol. The van der Waals surface area contributed by atoms with E-state index >= 15 is 0 Å². The first-order valence-corrected chi connectivity index (χ1v) is 5.37. The Hall–Kier alpha value is -2.04. The van der Waals surface area contributed by atoms with Crippen molar-refractivity contribution in [2.45, 2.75) is 5.92 Å². The second-order valence-electron chi connectivity index (χ2n) is 3.95.